The van der Waals surface area contributed by atoms with Gasteiger partial charge in [0.15, 0.2) is 0 Å². The van der Waals surface area contributed by atoms with Crippen LogP contribution in [0.3, 0.4) is 0 Å². The fourth-order valence-corrected chi connectivity index (χ4v) is 6.03. The van der Waals surface area contributed by atoms with Crippen molar-refractivity contribution in [3.05, 3.63) is 52.6 Å². The van der Waals surface area contributed by atoms with Gasteiger partial charge in [-0.1, -0.05) is 31.2 Å². The number of rotatable bonds is 4. The molecule has 0 saturated carbocycles. The minimum atomic E-state index is -0.0348. The Bertz CT molecular complexity index is 1220. The normalized spacial score (nSPS) is 21.2. The molecule has 0 N–H and O–H groups in total. The molecule has 0 unspecified atom stereocenters. The van der Waals surface area contributed by atoms with Gasteiger partial charge in [0, 0.05) is 37.6 Å². The second-order valence-corrected chi connectivity index (χ2v) is 10.4. The number of hydrogen-bond donors (Lipinski definition) is 0. The molecule has 3 aromatic rings. The molecule has 4 heterocycles. The van der Waals surface area contributed by atoms with E-state index in [1.165, 1.54) is 16.9 Å². The Morgan fingerprint density at radius 1 is 1.18 bits per heavy atom. The number of likely N-dealkylation sites (tertiary alicyclic amines) is 2. The summed E-state index contributed by atoms with van der Waals surface area (Å²) in [6.45, 7) is 5.30. The number of urea groups is 1. The second-order valence-electron chi connectivity index (χ2n) is 9.32. The van der Waals surface area contributed by atoms with Crippen LogP contribution in [0.2, 0.25) is 0 Å². The Labute approximate surface area is 198 Å². The van der Waals surface area contributed by atoms with E-state index < -0.39 is 0 Å². The fraction of sp³-hybridized carbons (Fsp3) is 0.480. The topological polar surface area (TPSA) is 61.7 Å². The van der Waals surface area contributed by atoms with Gasteiger partial charge >= 0.3 is 6.03 Å². The van der Waals surface area contributed by atoms with Crippen LogP contribution in [0.25, 0.3) is 20.7 Å². The van der Waals surface area contributed by atoms with Crippen molar-refractivity contribution in [2.75, 3.05) is 40.3 Å². The van der Waals surface area contributed by atoms with Gasteiger partial charge in [-0.15, -0.1) is 11.3 Å². The Balaban J connectivity index is 1.34. The number of carbonyl (C=O) groups is 1. The lowest BCUT2D eigenvalue weighted by atomic mass is 10.1. The molecule has 0 spiro atoms. The summed E-state index contributed by atoms with van der Waals surface area (Å²) in [5.74, 6) is 0. The van der Waals surface area contributed by atoms with Gasteiger partial charge in [0.2, 0.25) is 0 Å². The third-order valence-corrected chi connectivity index (χ3v) is 8.31. The standard InChI is InChI=1S/C25H31N5O2S/c1-4-17-5-7-18(8-6-17)22-13-21-23(33-22)24(31)30(16-26-21)20-10-12-29(15-20)25(32)28(3)19-9-11-27(2)14-19/h5-8,13,16,19-20H,4,9-12,14-15H2,1-3H3/t19-,20-/m0/s1. The SMILES string of the molecule is CCc1ccc(-c2cc3ncn([C@H]4CCN(C(=O)N(C)[C@H]5CCN(C)C5)C4)c(=O)c3s2)cc1. The van der Waals surface area contributed by atoms with Crippen LogP contribution >= 0.6 is 11.3 Å². The zero-order valence-corrected chi connectivity index (χ0v) is 20.3. The first-order valence-corrected chi connectivity index (χ1v) is 12.6. The summed E-state index contributed by atoms with van der Waals surface area (Å²) in [6.07, 6.45) is 4.45. The maximum Gasteiger partial charge on any atom is 0.320 e. The van der Waals surface area contributed by atoms with Crippen LogP contribution in [-0.2, 0) is 6.42 Å². The predicted molar refractivity (Wildman–Crippen MR) is 133 cm³/mol. The number of aryl methyl sites for hydroxylation is 1. The van der Waals surface area contributed by atoms with E-state index in [2.05, 4.69) is 48.1 Å². The van der Waals surface area contributed by atoms with Crippen LogP contribution < -0.4 is 5.56 Å². The summed E-state index contributed by atoms with van der Waals surface area (Å²) in [4.78, 5) is 38.1. The number of aromatic nitrogens is 2. The number of hydrogen-bond acceptors (Lipinski definition) is 5. The molecule has 0 bridgehead atoms. The number of thiophene rings is 1. The highest BCUT2D eigenvalue weighted by atomic mass is 32.1. The highest BCUT2D eigenvalue weighted by molar-refractivity contribution is 7.22. The van der Waals surface area contributed by atoms with E-state index in [0.29, 0.717) is 17.8 Å². The molecule has 0 radical (unpaired) electrons. The zero-order valence-electron chi connectivity index (χ0n) is 19.5. The first-order valence-electron chi connectivity index (χ1n) is 11.7. The van der Waals surface area contributed by atoms with Crippen molar-refractivity contribution in [2.45, 2.75) is 38.3 Å². The molecule has 174 valence electrons. The summed E-state index contributed by atoms with van der Waals surface area (Å²) >= 11 is 1.50. The Hall–Kier alpha value is -2.71. The van der Waals surface area contributed by atoms with Crippen LogP contribution in [-0.4, -0.2) is 76.6 Å². The molecule has 2 aromatic heterocycles. The highest BCUT2D eigenvalue weighted by Crippen LogP contribution is 2.32. The molecule has 1 aromatic carbocycles. The molecule has 2 aliphatic rings. The predicted octanol–water partition coefficient (Wildman–Crippen LogP) is 3.69. The molecule has 2 atom stereocenters. The van der Waals surface area contributed by atoms with Crippen LogP contribution in [0.4, 0.5) is 4.79 Å². The number of benzene rings is 1. The van der Waals surface area contributed by atoms with E-state index in [-0.39, 0.29) is 23.7 Å². The monoisotopic (exact) mass is 465 g/mol. The van der Waals surface area contributed by atoms with Crippen molar-refractivity contribution in [3.8, 4) is 10.4 Å². The second kappa shape index (κ2) is 8.91. The van der Waals surface area contributed by atoms with Crippen LogP contribution in [0.5, 0.6) is 0 Å². The van der Waals surface area contributed by atoms with Crippen molar-refractivity contribution in [3.63, 3.8) is 0 Å². The maximum absolute atomic E-state index is 13.3. The average molecular weight is 466 g/mol. The van der Waals surface area contributed by atoms with E-state index in [1.54, 1.807) is 10.9 Å². The lowest BCUT2D eigenvalue weighted by molar-refractivity contribution is 0.155. The number of nitrogens with zero attached hydrogens (tertiary/aromatic N) is 5. The average Bonchev–Trinajstić information content (AvgIpc) is 3.58. The van der Waals surface area contributed by atoms with Gasteiger partial charge in [-0.3, -0.25) is 9.36 Å². The molecule has 2 aliphatic heterocycles. The van der Waals surface area contributed by atoms with Crippen molar-refractivity contribution >= 4 is 27.6 Å². The van der Waals surface area contributed by atoms with Gasteiger partial charge in [0.05, 0.1) is 17.9 Å². The molecular weight excluding hydrogens is 434 g/mol. The molecule has 33 heavy (non-hydrogen) atoms. The van der Waals surface area contributed by atoms with Crippen molar-refractivity contribution in [1.29, 1.82) is 0 Å². The first-order chi connectivity index (χ1) is 15.9. The number of carbonyl (C=O) groups excluding carboxylic acids is 1. The van der Waals surface area contributed by atoms with E-state index in [1.807, 2.05) is 22.9 Å². The van der Waals surface area contributed by atoms with E-state index >= 15 is 0 Å². The quantitative estimate of drug-likeness (QED) is 0.590. The zero-order chi connectivity index (χ0) is 23.1. The molecule has 8 heteroatoms. The summed E-state index contributed by atoms with van der Waals surface area (Å²) in [7, 11) is 4.00. The van der Waals surface area contributed by atoms with Crippen molar-refractivity contribution < 1.29 is 4.79 Å². The van der Waals surface area contributed by atoms with Gasteiger partial charge < -0.3 is 14.7 Å². The smallest absolute Gasteiger partial charge is 0.320 e. The largest absolute Gasteiger partial charge is 0.323 e. The third kappa shape index (κ3) is 4.17. The molecular formula is C25H31N5O2S. The summed E-state index contributed by atoms with van der Waals surface area (Å²) in [6, 6.07) is 10.8. The number of likely N-dealkylation sites (N-methyl/N-ethyl adjacent to an activating group) is 2. The van der Waals surface area contributed by atoms with Gasteiger partial charge in [0.25, 0.3) is 5.56 Å². The van der Waals surface area contributed by atoms with Crippen LogP contribution in [0.1, 0.15) is 31.4 Å². The molecule has 2 amide bonds. The Morgan fingerprint density at radius 2 is 1.97 bits per heavy atom. The van der Waals surface area contributed by atoms with Crippen LogP contribution in [0.15, 0.2) is 41.5 Å². The van der Waals surface area contributed by atoms with Gasteiger partial charge in [-0.25, -0.2) is 9.78 Å². The van der Waals surface area contributed by atoms with Crippen molar-refractivity contribution in [1.82, 2.24) is 24.3 Å². The van der Waals surface area contributed by atoms with Gasteiger partial charge in [0.1, 0.15) is 4.70 Å². The van der Waals surface area contributed by atoms with Crippen molar-refractivity contribution in [2.24, 2.45) is 0 Å². The molecule has 0 aliphatic carbocycles. The Morgan fingerprint density at radius 3 is 2.67 bits per heavy atom. The number of fused-ring (bicyclic) bond motifs is 1. The third-order valence-electron chi connectivity index (χ3n) is 7.15. The van der Waals surface area contributed by atoms with E-state index in [0.717, 1.165) is 48.3 Å². The number of amides is 2. The maximum atomic E-state index is 13.3. The Kier molecular flexibility index (Phi) is 5.97. The first kappa shape index (κ1) is 22.1. The summed E-state index contributed by atoms with van der Waals surface area (Å²) < 4.78 is 2.42. The fourth-order valence-electron chi connectivity index (χ4n) is 4.98. The van der Waals surface area contributed by atoms with Crippen LogP contribution in [0, 0.1) is 0 Å². The molecule has 5 rings (SSSR count). The summed E-state index contributed by atoms with van der Waals surface area (Å²) in [5, 5.41) is 0. The van der Waals surface area contributed by atoms with Gasteiger partial charge in [-0.05, 0) is 50.0 Å². The summed E-state index contributed by atoms with van der Waals surface area (Å²) in [5.41, 5.74) is 3.14. The lowest BCUT2D eigenvalue weighted by Gasteiger charge is -2.29. The minimum Gasteiger partial charge on any atom is -0.323 e. The highest BCUT2D eigenvalue weighted by Gasteiger charge is 2.34. The lowest BCUT2D eigenvalue weighted by Crippen LogP contribution is -2.46. The molecule has 2 saturated heterocycles. The molecule has 7 nitrogen and oxygen atoms in total. The van der Waals surface area contributed by atoms with E-state index in [9.17, 15) is 9.59 Å². The minimum absolute atomic E-state index is 0.00787. The van der Waals surface area contributed by atoms with E-state index in [4.69, 9.17) is 0 Å². The molecule has 2 fully saturated rings. The van der Waals surface area contributed by atoms with Gasteiger partial charge in [-0.2, -0.15) is 0 Å².